The van der Waals surface area contributed by atoms with Gasteiger partial charge in [0, 0.05) is 10.5 Å². The zero-order valence-electron chi connectivity index (χ0n) is 10.4. The molecule has 7 heteroatoms. The third-order valence-corrected chi connectivity index (χ3v) is 3.15. The highest BCUT2D eigenvalue weighted by atomic mass is 79.9. The van der Waals surface area contributed by atoms with Gasteiger partial charge in [-0.2, -0.15) is 0 Å². The smallest absolute Gasteiger partial charge is 0.337 e. The van der Waals surface area contributed by atoms with Gasteiger partial charge in [0.1, 0.15) is 11.6 Å². The van der Waals surface area contributed by atoms with Crippen LogP contribution in [0, 0.1) is 5.82 Å². The lowest BCUT2D eigenvalue weighted by molar-refractivity contribution is 0.0698. The van der Waals surface area contributed by atoms with Crippen molar-refractivity contribution in [3.05, 3.63) is 57.8 Å². The number of halogens is 2. The minimum atomic E-state index is -1.22. The number of carboxylic acids is 1. The molecule has 0 atom stereocenters. The van der Waals surface area contributed by atoms with Crippen LogP contribution in [0.15, 0.2) is 40.9 Å². The summed E-state index contributed by atoms with van der Waals surface area (Å²) in [4.78, 5) is 23.1. The van der Waals surface area contributed by atoms with E-state index in [2.05, 4.69) is 21.2 Å². The molecule has 1 amide bonds. The molecule has 0 fully saturated rings. The molecule has 0 saturated carbocycles. The van der Waals surface area contributed by atoms with Gasteiger partial charge in [-0.1, -0.05) is 15.9 Å². The van der Waals surface area contributed by atoms with Crippen LogP contribution >= 0.6 is 15.9 Å². The normalized spacial score (nSPS) is 10.2. The van der Waals surface area contributed by atoms with Gasteiger partial charge in [0.2, 0.25) is 0 Å². The van der Waals surface area contributed by atoms with Crippen molar-refractivity contribution in [1.82, 2.24) is 0 Å². The molecule has 5 nitrogen and oxygen atoms in total. The Morgan fingerprint density at radius 1 is 1.10 bits per heavy atom. The van der Waals surface area contributed by atoms with Crippen molar-refractivity contribution in [2.24, 2.45) is 0 Å². The maximum atomic E-state index is 13.6. The molecule has 2 aromatic rings. The summed E-state index contributed by atoms with van der Waals surface area (Å²) >= 11 is 3.16. The number of benzene rings is 2. The molecule has 2 rings (SSSR count). The van der Waals surface area contributed by atoms with Gasteiger partial charge in [-0.05, 0) is 30.3 Å². The topological polar surface area (TPSA) is 86.6 Å². The SMILES string of the molecule is O=C(Nc1cc(Br)ccc1C(=O)O)c1ccc(O)cc1F. The van der Waals surface area contributed by atoms with Crippen LogP contribution in [0.1, 0.15) is 20.7 Å². The number of anilines is 1. The fourth-order valence-corrected chi connectivity index (χ4v) is 2.05. The fourth-order valence-electron chi connectivity index (χ4n) is 1.68. The van der Waals surface area contributed by atoms with E-state index >= 15 is 0 Å². The van der Waals surface area contributed by atoms with Gasteiger partial charge in [0.05, 0.1) is 16.8 Å². The van der Waals surface area contributed by atoms with E-state index in [0.717, 1.165) is 18.2 Å². The molecule has 0 saturated heterocycles. The van der Waals surface area contributed by atoms with Crippen molar-refractivity contribution in [3.63, 3.8) is 0 Å². The van der Waals surface area contributed by atoms with E-state index in [1.54, 1.807) is 0 Å². The average molecular weight is 354 g/mol. The highest BCUT2D eigenvalue weighted by molar-refractivity contribution is 9.10. The number of hydrogen-bond donors (Lipinski definition) is 3. The molecular formula is C14H9BrFNO4. The predicted octanol–water partition coefficient (Wildman–Crippen LogP) is 3.24. The second kappa shape index (κ2) is 5.92. The first kappa shape index (κ1) is 15.0. The number of phenols is 1. The summed E-state index contributed by atoms with van der Waals surface area (Å²) in [5.74, 6) is -3.24. The summed E-state index contributed by atoms with van der Waals surface area (Å²) in [7, 11) is 0. The van der Waals surface area contributed by atoms with Crippen molar-refractivity contribution in [3.8, 4) is 5.75 Å². The van der Waals surface area contributed by atoms with Gasteiger partial charge in [-0.15, -0.1) is 0 Å². The van der Waals surface area contributed by atoms with E-state index < -0.39 is 17.7 Å². The van der Waals surface area contributed by atoms with E-state index in [-0.39, 0.29) is 22.6 Å². The Bertz CT molecular complexity index is 733. The summed E-state index contributed by atoms with van der Waals surface area (Å²) in [5.41, 5.74) is -0.385. The van der Waals surface area contributed by atoms with Crippen molar-refractivity contribution in [2.45, 2.75) is 0 Å². The quantitative estimate of drug-likeness (QED) is 0.790. The van der Waals surface area contributed by atoms with Crippen molar-refractivity contribution in [1.29, 1.82) is 0 Å². The summed E-state index contributed by atoms with van der Waals surface area (Å²) in [5, 5.41) is 20.5. The van der Waals surface area contributed by atoms with Crippen LogP contribution in [0.25, 0.3) is 0 Å². The minimum absolute atomic E-state index is 0.0364. The molecule has 108 valence electrons. The van der Waals surface area contributed by atoms with E-state index in [4.69, 9.17) is 10.2 Å². The largest absolute Gasteiger partial charge is 0.508 e. The van der Waals surface area contributed by atoms with Gasteiger partial charge < -0.3 is 15.5 Å². The third kappa shape index (κ3) is 3.38. The molecule has 0 aliphatic rings. The lowest BCUT2D eigenvalue weighted by atomic mass is 10.1. The third-order valence-electron chi connectivity index (χ3n) is 2.66. The summed E-state index contributed by atoms with van der Waals surface area (Å²) in [6, 6.07) is 7.30. The summed E-state index contributed by atoms with van der Waals surface area (Å²) in [6.45, 7) is 0. The number of aromatic hydroxyl groups is 1. The predicted molar refractivity (Wildman–Crippen MR) is 77.1 cm³/mol. The number of amides is 1. The van der Waals surface area contributed by atoms with E-state index in [1.807, 2.05) is 0 Å². The van der Waals surface area contributed by atoms with Crippen molar-refractivity contribution < 1.29 is 24.2 Å². The van der Waals surface area contributed by atoms with Gasteiger partial charge in [0.25, 0.3) is 5.91 Å². The van der Waals surface area contributed by atoms with Crippen molar-refractivity contribution in [2.75, 3.05) is 5.32 Å². The molecular weight excluding hydrogens is 345 g/mol. The van der Waals surface area contributed by atoms with Gasteiger partial charge >= 0.3 is 5.97 Å². The number of phenolic OH excluding ortho intramolecular Hbond substituents is 1. The minimum Gasteiger partial charge on any atom is -0.508 e. The molecule has 0 bridgehead atoms. The fraction of sp³-hybridized carbons (Fsp3) is 0. The summed E-state index contributed by atoms with van der Waals surface area (Å²) in [6.07, 6.45) is 0. The number of hydrogen-bond acceptors (Lipinski definition) is 3. The van der Waals surface area contributed by atoms with E-state index in [0.29, 0.717) is 4.47 Å². The number of aromatic carboxylic acids is 1. The lowest BCUT2D eigenvalue weighted by Crippen LogP contribution is -2.16. The Balaban J connectivity index is 2.35. The molecule has 0 aliphatic carbocycles. The van der Waals surface area contributed by atoms with Gasteiger partial charge in [-0.25, -0.2) is 9.18 Å². The van der Waals surface area contributed by atoms with E-state index in [9.17, 15) is 14.0 Å². The molecule has 0 radical (unpaired) electrons. The summed E-state index contributed by atoms with van der Waals surface area (Å²) < 4.78 is 14.2. The molecule has 0 heterocycles. The molecule has 21 heavy (non-hydrogen) atoms. The highest BCUT2D eigenvalue weighted by Crippen LogP contribution is 2.23. The monoisotopic (exact) mass is 353 g/mol. The zero-order chi connectivity index (χ0) is 15.6. The zero-order valence-corrected chi connectivity index (χ0v) is 12.0. The first-order valence-electron chi connectivity index (χ1n) is 5.71. The lowest BCUT2D eigenvalue weighted by Gasteiger charge is -2.09. The maximum absolute atomic E-state index is 13.6. The Kier molecular flexibility index (Phi) is 4.23. The van der Waals surface area contributed by atoms with Gasteiger partial charge in [0.15, 0.2) is 0 Å². The van der Waals surface area contributed by atoms with Gasteiger partial charge in [-0.3, -0.25) is 4.79 Å². The average Bonchev–Trinajstić information content (AvgIpc) is 2.37. The van der Waals surface area contributed by atoms with Crippen LogP contribution in [0.4, 0.5) is 10.1 Å². The number of carbonyl (C=O) groups excluding carboxylic acids is 1. The van der Waals surface area contributed by atoms with E-state index in [1.165, 1.54) is 18.2 Å². The molecule has 2 aromatic carbocycles. The number of carboxylic acid groups (broad SMARTS) is 1. The van der Waals surface area contributed by atoms with Crippen LogP contribution in [0.3, 0.4) is 0 Å². The molecule has 0 unspecified atom stereocenters. The first-order valence-corrected chi connectivity index (χ1v) is 6.50. The number of nitrogens with one attached hydrogen (secondary N) is 1. The van der Waals surface area contributed by atoms with Crippen molar-refractivity contribution >= 4 is 33.5 Å². The van der Waals surface area contributed by atoms with Crippen LogP contribution in [0.2, 0.25) is 0 Å². The number of rotatable bonds is 3. The standard InChI is InChI=1S/C14H9BrFNO4/c15-7-1-3-10(14(20)21)12(5-7)17-13(19)9-4-2-8(18)6-11(9)16/h1-6,18H,(H,17,19)(H,20,21). The van der Waals surface area contributed by atoms with Crippen LogP contribution in [-0.4, -0.2) is 22.1 Å². The highest BCUT2D eigenvalue weighted by Gasteiger charge is 2.16. The Hall–Kier alpha value is -2.41. The molecule has 0 aromatic heterocycles. The van der Waals surface area contributed by atoms with Crippen LogP contribution < -0.4 is 5.32 Å². The Morgan fingerprint density at radius 3 is 2.38 bits per heavy atom. The van der Waals surface area contributed by atoms with Crippen LogP contribution in [0.5, 0.6) is 5.75 Å². The number of carbonyl (C=O) groups is 2. The molecule has 3 N–H and O–H groups in total. The second-order valence-corrected chi connectivity index (χ2v) is 5.03. The second-order valence-electron chi connectivity index (χ2n) is 4.11. The Morgan fingerprint density at radius 2 is 1.76 bits per heavy atom. The first-order chi connectivity index (χ1) is 9.88. The Labute approximate surface area is 127 Å². The van der Waals surface area contributed by atoms with Crippen LogP contribution in [-0.2, 0) is 0 Å². The maximum Gasteiger partial charge on any atom is 0.337 e. The molecule has 0 aliphatic heterocycles. The molecule has 0 spiro atoms.